The average Bonchev–Trinajstić information content (AvgIpc) is 2.60. The van der Waals surface area contributed by atoms with E-state index in [0.717, 1.165) is 24.1 Å². The summed E-state index contributed by atoms with van der Waals surface area (Å²) >= 11 is 1.24. The molecule has 3 N–H and O–H groups in total. The van der Waals surface area contributed by atoms with Crippen LogP contribution in [0.1, 0.15) is 24.1 Å². The van der Waals surface area contributed by atoms with Crippen LogP contribution in [0.4, 0.5) is 0 Å². The summed E-state index contributed by atoms with van der Waals surface area (Å²) in [5, 5.41) is 0. The van der Waals surface area contributed by atoms with Gasteiger partial charge in [0.1, 0.15) is 4.21 Å². The smallest absolute Gasteiger partial charge is 0.250 e. The van der Waals surface area contributed by atoms with E-state index in [1.165, 1.54) is 11.3 Å². The van der Waals surface area contributed by atoms with E-state index in [-0.39, 0.29) is 6.04 Å². The predicted octanol–water partition coefficient (Wildman–Crippen LogP) is 1.04. The summed E-state index contributed by atoms with van der Waals surface area (Å²) in [6, 6.07) is 3.52. The third kappa shape index (κ3) is 2.39. The molecule has 0 aliphatic heterocycles. The van der Waals surface area contributed by atoms with Crippen molar-refractivity contribution in [3.63, 3.8) is 0 Å². The quantitative estimate of drug-likeness (QED) is 0.833. The van der Waals surface area contributed by atoms with Crippen LogP contribution in [0.3, 0.4) is 0 Å². The van der Waals surface area contributed by atoms with E-state index in [4.69, 9.17) is 5.73 Å². The van der Waals surface area contributed by atoms with Crippen molar-refractivity contribution in [3.05, 3.63) is 17.0 Å². The van der Waals surface area contributed by atoms with Crippen LogP contribution in [0.15, 0.2) is 16.3 Å². The van der Waals surface area contributed by atoms with Gasteiger partial charge >= 0.3 is 0 Å². The predicted molar refractivity (Wildman–Crippen MR) is 60.2 cm³/mol. The van der Waals surface area contributed by atoms with E-state index in [0.29, 0.717) is 10.8 Å². The second-order valence-electron chi connectivity index (χ2n) is 3.67. The Bertz CT molecular complexity index is 435. The molecule has 0 radical (unpaired) electrons. The fourth-order valence-corrected chi connectivity index (χ4v) is 3.97. The van der Waals surface area contributed by atoms with Gasteiger partial charge in [-0.25, -0.2) is 13.1 Å². The molecule has 15 heavy (non-hydrogen) atoms. The Hall–Kier alpha value is -0.430. The van der Waals surface area contributed by atoms with Crippen molar-refractivity contribution in [2.45, 2.75) is 36.1 Å². The zero-order chi connectivity index (χ0) is 10.9. The maximum atomic E-state index is 11.8. The second-order valence-corrected chi connectivity index (χ2v) is 6.78. The molecule has 0 aromatic carbocycles. The average molecular weight is 246 g/mol. The lowest BCUT2D eigenvalue weighted by atomic mass is 9.94. The van der Waals surface area contributed by atoms with Gasteiger partial charge in [0.2, 0.25) is 10.0 Å². The number of nitrogens with two attached hydrogens (primary N) is 1. The SMILES string of the molecule is NCc1ccc(S(=O)(=O)NC2CCC2)s1. The third-order valence-electron chi connectivity index (χ3n) is 2.53. The van der Waals surface area contributed by atoms with Crippen LogP contribution in [0.2, 0.25) is 0 Å². The third-order valence-corrected chi connectivity index (χ3v) is 5.65. The second kappa shape index (κ2) is 4.21. The Kier molecular flexibility index (Phi) is 3.11. The summed E-state index contributed by atoms with van der Waals surface area (Å²) in [5.41, 5.74) is 5.44. The molecule has 1 aromatic heterocycles. The van der Waals surface area contributed by atoms with E-state index in [1.54, 1.807) is 12.1 Å². The lowest BCUT2D eigenvalue weighted by Crippen LogP contribution is -2.39. The molecule has 1 aromatic rings. The molecule has 0 spiro atoms. The highest BCUT2D eigenvalue weighted by molar-refractivity contribution is 7.91. The van der Waals surface area contributed by atoms with Gasteiger partial charge in [-0.15, -0.1) is 11.3 Å². The Labute approximate surface area is 93.5 Å². The fraction of sp³-hybridized carbons (Fsp3) is 0.556. The van der Waals surface area contributed by atoms with Gasteiger partial charge in [0.05, 0.1) is 0 Å². The summed E-state index contributed by atoms with van der Waals surface area (Å²) in [5.74, 6) is 0. The highest BCUT2D eigenvalue weighted by atomic mass is 32.2. The first kappa shape index (κ1) is 11.1. The topological polar surface area (TPSA) is 72.2 Å². The Morgan fingerprint density at radius 1 is 1.47 bits per heavy atom. The highest BCUT2D eigenvalue weighted by Gasteiger charge is 2.25. The van der Waals surface area contributed by atoms with Crippen molar-refractivity contribution in [2.75, 3.05) is 0 Å². The van der Waals surface area contributed by atoms with Crippen LogP contribution in [-0.2, 0) is 16.6 Å². The van der Waals surface area contributed by atoms with Crippen molar-refractivity contribution in [1.29, 1.82) is 0 Å². The normalized spacial score (nSPS) is 17.7. The molecule has 0 unspecified atom stereocenters. The summed E-state index contributed by atoms with van der Waals surface area (Å²) < 4.78 is 26.7. The Morgan fingerprint density at radius 3 is 2.67 bits per heavy atom. The van der Waals surface area contributed by atoms with Gasteiger partial charge in [0, 0.05) is 17.5 Å². The Morgan fingerprint density at radius 2 is 2.20 bits per heavy atom. The van der Waals surface area contributed by atoms with E-state index < -0.39 is 10.0 Å². The van der Waals surface area contributed by atoms with Crippen molar-refractivity contribution in [3.8, 4) is 0 Å². The maximum absolute atomic E-state index is 11.8. The first-order chi connectivity index (χ1) is 7.12. The van der Waals surface area contributed by atoms with Crippen LogP contribution in [0.25, 0.3) is 0 Å². The first-order valence-corrected chi connectivity index (χ1v) is 7.23. The number of rotatable bonds is 4. The van der Waals surface area contributed by atoms with Crippen molar-refractivity contribution in [2.24, 2.45) is 5.73 Å². The number of hydrogen-bond donors (Lipinski definition) is 2. The molecule has 4 nitrogen and oxygen atoms in total. The van der Waals surface area contributed by atoms with Crippen LogP contribution >= 0.6 is 11.3 Å². The zero-order valence-electron chi connectivity index (χ0n) is 8.27. The van der Waals surface area contributed by atoms with Crippen LogP contribution < -0.4 is 10.5 Å². The van der Waals surface area contributed by atoms with E-state index >= 15 is 0 Å². The van der Waals surface area contributed by atoms with Gasteiger partial charge in [0.25, 0.3) is 0 Å². The van der Waals surface area contributed by atoms with Crippen LogP contribution in [0.5, 0.6) is 0 Å². The number of sulfonamides is 1. The molecule has 1 saturated carbocycles. The minimum Gasteiger partial charge on any atom is -0.326 e. The van der Waals surface area contributed by atoms with Crippen molar-refractivity contribution >= 4 is 21.4 Å². The van der Waals surface area contributed by atoms with Gasteiger partial charge in [-0.05, 0) is 25.0 Å². The summed E-state index contributed by atoms with van der Waals surface area (Å²) in [6.45, 7) is 0.392. The molecule has 6 heteroatoms. The Balaban J connectivity index is 2.13. The molecule has 84 valence electrons. The van der Waals surface area contributed by atoms with Gasteiger partial charge in [-0.1, -0.05) is 6.42 Å². The molecule has 1 fully saturated rings. The summed E-state index contributed by atoms with van der Waals surface area (Å²) in [4.78, 5) is 0.893. The van der Waals surface area contributed by atoms with Gasteiger partial charge in [0.15, 0.2) is 0 Å². The molecule has 1 aliphatic rings. The lowest BCUT2D eigenvalue weighted by Gasteiger charge is -2.25. The minimum atomic E-state index is -3.30. The minimum absolute atomic E-state index is 0.137. The van der Waals surface area contributed by atoms with E-state index in [2.05, 4.69) is 4.72 Å². The number of thiophene rings is 1. The maximum Gasteiger partial charge on any atom is 0.250 e. The molecule has 0 amide bonds. The standard InChI is InChI=1S/C9H14N2O2S2/c10-6-8-4-5-9(14-8)15(12,13)11-7-2-1-3-7/h4-5,7,11H,1-3,6,10H2. The highest BCUT2D eigenvalue weighted by Crippen LogP contribution is 2.24. The molecule has 2 rings (SSSR count). The number of hydrogen-bond acceptors (Lipinski definition) is 4. The van der Waals surface area contributed by atoms with E-state index in [9.17, 15) is 8.42 Å². The monoisotopic (exact) mass is 246 g/mol. The zero-order valence-corrected chi connectivity index (χ0v) is 9.90. The molecular weight excluding hydrogens is 232 g/mol. The summed E-state index contributed by atoms with van der Waals surface area (Å²) in [7, 11) is -3.30. The van der Waals surface area contributed by atoms with Crippen LogP contribution in [0, 0.1) is 0 Å². The number of nitrogens with one attached hydrogen (secondary N) is 1. The largest absolute Gasteiger partial charge is 0.326 e. The molecule has 0 atom stereocenters. The fourth-order valence-electron chi connectivity index (χ4n) is 1.42. The van der Waals surface area contributed by atoms with Crippen LogP contribution in [-0.4, -0.2) is 14.5 Å². The summed E-state index contributed by atoms with van der Waals surface area (Å²) in [6.07, 6.45) is 3.02. The van der Waals surface area contributed by atoms with E-state index in [1.807, 2.05) is 0 Å². The van der Waals surface area contributed by atoms with Crippen molar-refractivity contribution < 1.29 is 8.42 Å². The molecule has 1 aliphatic carbocycles. The molecule has 0 saturated heterocycles. The van der Waals surface area contributed by atoms with Crippen molar-refractivity contribution in [1.82, 2.24) is 4.72 Å². The van der Waals surface area contributed by atoms with Gasteiger partial charge in [-0.3, -0.25) is 0 Å². The molecule has 0 bridgehead atoms. The molecular formula is C9H14N2O2S2. The van der Waals surface area contributed by atoms with Gasteiger partial charge in [-0.2, -0.15) is 0 Å². The first-order valence-electron chi connectivity index (χ1n) is 4.93. The lowest BCUT2D eigenvalue weighted by molar-refractivity contribution is 0.384. The van der Waals surface area contributed by atoms with Gasteiger partial charge < -0.3 is 5.73 Å². The molecule has 1 heterocycles.